The number of para-hydroxylation sites is 1. The Morgan fingerprint density at radius 3 is 2.58 bits per heavy atom. The number of rotatable bonds is 4. The molecule has 3 rings (SSSR count). The van der Waals surface area contributed by atoms with Gasteiger partial charge in [-0.3, -0.25) is 0 Å². The molecule has 0 unspecified atom stereocenters. The van der Waals surface area contributed by atoms with E-state index in [9.17, 15) is 13.2 Å². The highest BCUT2D eigenvalue weighted by Crippen LogP contribution is 2.22. The number of nitrogens with zero attached hydrogens (tertiary/aromatic N) is 1. The fourth-order valence-corrected chi connectivity index (χ4v) is 4.57. The molecule has 1 atom stereocenters. The highest BCUT2D eigenvalue weighted by atomic mass is 32.2. The van der Waals surface area contributed by atoms with Crippen LogP contribution in [0.4, 0.5) is 10.5 Å². The van der Waals surface area contributed by atoms with E-state index in [0.717, 1.165) is 5.76 Å². The molecule has 7 heteroatoms. The van der Waals surface area contributed by atoms with Crippen LogP contribution >= 0.6 is 0 Å². The van der Waals surface area contributed by atoms with E-state index in [-0.39, 0.29) is 30.1 Å². The number of hydrogen-bond donors (Lipinski definition) is 1. The number of nitrogens with one attached hydrogen (secondary N) is 1. The van der Waals surface area contributed by atoms with Crippen molar-refractivity contribution < 1.29 is 17.6 Å². The van der Waals surface area contributed by atoms with E-state index in [1.165, 1.54) is 0 Å². The summed E-state index contributed by atoms with van der Waals surface area (Å²) < 4.78 is 29.2. The molecule has 0 radical (unpaired) electrons. The smallest absolute Gasteiger partial charge is 0.322 e. The van der Waals surface area contributed by atoms with Crippen molar-refractivity contribution in [1.29, 1.82) is 0 Å². The number of carbonyl (C=O) groups excluding carboxylic acids is 1. The molecule has 2 aromatic rings. The summed E-state index contributed by atoms with van der Waals surface area (Å²) in [6.45, 7) is 2.07. The van der Waals surface area contributed by atoms with Crippen molar-refractivity contribution in [3.8, 4) is 0 Å². The minimum Gasteiger partial charge on any atom is -0.464 e. The molecule has 1 aromatic heterocycles. The van der Waals surface area contributed by atoms with Crippen LogP contribution in [0.5, 0.6) is 0 Å². The summed E-state index contributed by atoms with van der Waals surface area (Å²) in [6.07, 6.45) is 0.449. The second kappa shape index (κ2) is 6.68. The largest absolute Gasteiger partial charge is 0.464 e. The van der Waals surface area contributed by atoms with Gasteiger partial charge in [0.1, 0.15) is 11.5 Å². The lowest BCUT2D eigenvalue weighted by Gasteiger charge is -2.27. The van der Waals surface area contributed by atoms with Crippen LogP contribution in [0.1, 0.15) is 17.9 Å². The quantitative estimate of drug-likeness (QED) is 0.921. The zero-order valence-corrected chi connectivity index (χ0v) is 14.3. The molecule has 0 bridgehead atoms. The topological polar surface area (TPSA) is 79.6 Å². The van der Waals surface area contributed by atoms with E-state index in [1.807, 2.05) is 37.3 Å². The Bertz CT molecular complexity index is 814. The van der Waals surface area contributed by atoms with E-state index in [0.29, 0.717) is 17.9 Å². The van der Waals surface area contributed by atoms with Crippen molar-refractivity contribution in [1.82, 2.24) is 4.90 Å². The zero-order chi connectivity index (χ0) is 17.2. The lowest BCUT2D eigenvalue weighted by atomic mass is 10.2. The maximum Gasteiger partial charge on any atom is 0.322 e. The molecule has 1 aliphatic heterocycles. The normalized spacial score (nSPS) is 19.1. The van der Waals surface area contributed by atoms with Crippen LogP contribution in [0.2, 0.25) is 0 Å². The van der Waals surface area contributed by atoms with Crippen LogP contribution in [0.25, 0.3) is 0 Å². The number of benzene rings is 1. The number of amides is 2. The van der Waals surface area contributed by atoms with Crippen molar-refractivity contribution in [2.75, 3.05) is 16.8 Å². The van der Waals surface area contributed by atoms with Crippen molar-refractivity contribution in [2.45, 2.75) is 25.9 Å². The fourth-order valence-electron chi connectivity index (χ4n) is 2.84. The van der Waals surface area contributed by atoms with E-state index in [2.05, 4.69) is 5.32 Å². The van der Waals surface area contributed by atoms with Gasteiger partial charge < -0.3 is 14.6 Å². The van der Waals surface area contributed by atoms with Gasteiger partial charge in [-0.05, 0) is 37.6 Å². The minimum absolute atomic E-state index is 0.00506. The average Bonchev–Trinajstić information content (AvgIpc) is 3.11. The monoisotopic (exact) mass is 348 g/mol. The first-order valence-electron chi connectivity index (χ1n) is 7.81. The molecular weight excluding hydrogens is 328 g/mol. The van der Waals surface area contributed by atoms with Gasteiger partial charge in [-0.1, -0.05) is 18.2 Å². The molecule has 0 aliphatic carbocycles. The molecule has 0 saturated carbocycles. The van der Waals surface area contributed by atoms with Gasteiger partial charge in [0.15, 0.2) is 9.84 Å². The van der Waals surface area contributed by atoms with Gasteiger partial charge >= 0.3 is 6.03 Å². The number of furan rings is 1. The summed E-state index contributed by atoms with van der Waals surface area (Å²) in [5.41, 5.74) is 0.670. The number of anilines is 1. The van der Waals surface area contributed by atoms with E-state index >= 15 is 0 Å². The molecule has 128 valence electrons. The SMILES string of the molecule is Cc1ccc(CN(C(=O)Nc2ccccc2)[C@H]2CCS(=O)(=O)C2)o1. The molecule has 1 aromatic carbocycles. The minimum atomic E-state index is -3.09. The lowest BCUT2D eigenvalue weighted by Crippen LogP contribution is -2.43. The molecule has 24 heavy (non-hydrogen) atoms. The van der Waals surface area contributed by atoms with Crippen LogP contribution in [-0.4, -0.2) is 36.9 Å². The average molecular weight is 348 g/mol. The summed E-state index contributed by atoms with van der Waals surface area (Å²) in [4.78, 5) is 14.3. The van der Waals surface area contributed by atoms with Gasteiger partial charge in [-0.25, -0.2) is 13.2 Å². The zero-order valence-electron chi connectivity index (χ0n) is 13.4. The Kier molecular flexibility index (Phi) is 4.62. The third-order valence-electron chi connectivity index (χ3n) is 4.06. The summed E-state index contributed by atoms with van der Waals surface area (Å²) in [7, 11) is -3.09. The first-order valence-corrected chi connectivity index (χ1v) is 9.63. The van der Waals surface area contributed by atoms with Crippen LogP contribution in [-0.2, 0) is 16.4 Å². The molecule has 1 fully saturated rings. The van der Waals surface area contributed by atoms with Crippen molar-refractivity contribution in [3.05, 3.63) is 54.0 Å². The van der Waals surface area contributed by atoms with Gasteiger partial charge in [-0.2, -0.15) is 0 Å². The first-order chi connectivity index (χ1) is 11.4. The summed E-state index contributed by atoms with van der Waals surface area (Å²) in [5, 5.41) is 2.82. The standard InChI is InChI=1S/C17H20N2O4S/c1-13-7-8-16(23-13)11-19(15-9-10-24(21,22)12-15)17(20)18-14-5-3-2-4-6-14/h2-8,15H,9-12H2,1H3,(H,18,20)/t15-/m0/s1. The lowest BCUT2D eigenvalue weighted by molar-refractivity contribution is 0.183. The third kappa shape index (κ3) is 3.97. The second-order valence-corrected chi connectivity index (χ2v) is 8.22. The number of aryl methyl sites for hydroxylation is 1. The van der Waals surface area contributed by atoms with Gasteiger partial charge in [-0.15, -0.1) is 0 Å². The fraction of sp³-hybridized carbons (Fsp3) is 0.353. The molecule has 1 saturated heterocycles. The highest BCUT2D eigenvalue weighted by molar-refractivity contribution is 7.91. The van der Waals surface area contributed by atoms with Crippen LogP contribution in [0.3, 0.4) is 0 Å². The predicted molar refractivity (Wildman–Crippen MR) is 91.5 cm³/mol. The van der Waals surface area contributed by atoms with Crippen LogP contribution in [0, 0.1) is 6.92 Å². The predicted octanol–water partition coefficient (Wildman–Crippen LogP) is 2.81. The number of carbonyl (C=O) groups is 1. The Morgan fingerprint density at radius 2 is 2.00 bits per heavy atom. The molecular formula is C17H20N2O4S. The third-order valence-corrected chi connectivity index (χ3v) is 5.81. The summed E-state index contributed by atoms with van der Waals surface area (Å²) >= 11 is 0. The first kappa shape index (κ1) is 16.6. The van der Waals surface area contributed by atoms with Crippen molar-refractivity contribution >= 4 is 21.6 Å². The van der Waals surface area contributed by atoms with Crippen LogP contribution < -0.4 is 5.32 Å². The molecule has 1 aliphatic rings. The molecule has 2 heterocycles. The molecule has 1 N–H and O–H groups in total. The van der Waals surface area contributed by atoms with Gasteiger partial charge in [0.2, 0.25) is 0 Å². The van der Waals surface area contributed by atoms with E-state index in [4.69, 9.17) is 4.42 Å². The van der Waals surface area contributed by atoms with Gasteiger partial charge in [0.05, 0.1) is 18.1 Å². The Balaban J connectivity index is 1.79. The Morgan fingerprint density at radius 1 is 1.25 bits per heavy atom. The maximum absolute atomic E-state index is 12.7. The Hall–Kier alpha value is -2.28. The van der Waals surface area contributed by atoms with E-state index < -0.39 is 9.84 Å². The second-order valence-electron chi connectivity index (χ2n) is 5.99. The molecule has 2 amide bonds. The number of hydrogen-bond acceptors (Lipinski definition) is 4. The van der Waals surface area contributed by atoms with Crippen LogP contribution in [0.15, 0.2) is 46.9 Å². The number of sulfone groups is 1. The van der Waals surface area contributed by atoms with Gasteiger partial charge in [0, 0.05) is 11.7 Å². The highest BCUT2D eigenvalue weighted by Gasteiger charge is 2.35. The summed E-state index contributed by atoms with van der Waals surface area (Å²) in [6, 6.07) is 12.1. The summed E-state index contributed by atoms with van der Waals surface area (Å²) in [5.74, 6) is 1.51. The van der Waals surface area contributed by atoms with Crippen molar-refractivity contribution in [3.63, 3.8) is 0 Å². The van der Waals surface area contributed by atoms with Crippen molar-refractivity contribution in [2.24, 2.45) is 0 Å². The van der Waals surface area contributed by atoms with E-state index in [1.54, 1.807) is 17.0 Å². The van der Waals surface area contributed by atoms with Gasteiger partial charge in [0.25, 0.3) is 0 Å². The Labute approximate surface area is 141 Å². The molecule has 0 spiro atoms. The maximum atomic E-state index is 12.7. The number of urea groups is 1. The molecule has 6 nitrogen and oxygen atoms in total.